The number of hydrogen-bond acceptors (Lipinski definition) is 2. The van der Waals surface area contributed by atoms with Crippen LogP contribution >= 0.6 is 0 Å². The Bertz CT molecular complexity index is 590. The van der Waals surface area contributed by atoms with Gasteiger partial charge >= 0.3 is 0 Å². The second kappa shape index (κ2) is 8.25. The highest BCUT2D eigenvalue weighted by Crippen LogP contribution is 2.37. The van der Waals surface area contributed by atoms with Crippen LogP contribution < -0.4 is 0 Å². The lowest BCUT2D eigenvalue weighted by molar-refractivity contribution is -0.117. The molecule has 0 saturated carbocycles. The van der Waals surface area contributed by atoms with Gasteiger partial charge in [-0.1, -0.05) is 60.7 Å². The van der Waals surface area contributed by atoms with Crippen molar-refractivity contribution < 1.29 is 4.79 Å². The molecule has 2 heteroatoms. The predicted molar refractivity (Wildman–Crippen MR) is 99.2 cm³/mol. The van der Waals surface area contributed by atoms with Crippen LogP contribution in [0.25, 0.3) is 0 Å². The minimum absolute atomic E-state index is 0.295. The third-order valence-electron chi connectivity index (χ3n) is 5.20. The minimum atomic E-state index is 0.295. The van der Waals surface area contributed by atoms with Crippen LogP contribution in [0, 0.1) is 5.92 Å². The summed E-state index contributed by atoms with van der Waals surface area (Å²) in [6.07, 6.45) is 3.09. The first-order chi connectivity index (χ1) is 11.7. The molecule has 1 aliphatic heterocycles. The zero-order valence-corrected chi connectivity index (χ0v) is 14.5. The summed E-state index contributed by atoms with van der Waals surface area (Å²) >= 11 is 0. The minimum Gasteiger partial charge on any atom is -0.303 e. The van der Waals surface area contributed by atoms with Crippen molar-refractivity contribution in [2.75, 3.05) is 19.6 Å². The lowest BCUT2D eigenvalue weighted by atomic mass is 9.76. The molecule has 1 heterocycles. The summed E-state index contributed by atoms with van der Waals surface area (Å²) in [6, 6.07) is 21.8. The smallest absolute Gasteiger partial charge is 0.131 e. The van der Waals surface area contributed by atoms with Crippen molar-refractivity contribution in [1.82, 2.24) is 4.90 Å². The van der Waals surface area contributed by atoms with Gasteiger partial charge in [-0.25, -0.2) is 0 Å². The lowest BCUT2D eigenvalue weighted by Crippen LogP contribution is -2.37. The monoisotopic (exact) mass is 321 g/mol. The van der Waals surface area contributed by atoms with Crippen molar-refractivity contribution in [3.05, 3.63) is 71.8 Å². The molecule has 0 atom stereocenters. The van der Waals surface area contributed by atoms with Gasteiger partial charge in [0.05, 0.1) is 0 Å². The molecule has 0 N–H and O–H groups in total. The van der Waals surface area contributed by atoms with Crippen LogP contribution in [0.15, 0.2) is 60.7 Å². The quantitative estimate of drug-likeness (QED) is 0.780. The highest BCUT2D eigenvalue weighted by molar-refractivity contribution is 5.75. The molecule has 0 spiro atoms. The number of benzene rings is 2. The number of piperidine rings is 1. The van der Waals surface area contributed by atoms with E-state index >= 15 is 0 Å². The van der Waals surface area contributed by atoms with E-state index in [1.807, 2.05) is 0 Å². The van der Waals surface area contributed by atoms with Crippen molar-refractivity contribution >= 4 is 5.78 Å². The highest BCUT2D eigenvalue weighted by atomic mass is 16.1. The number of Topliss-reactive ketones (excluding diaryl/α,β-unsaturated/α-hetero) is 1. The third-order valence-corrected chi connectivity index (χ3v) is 5.20. The molecule has 1 saturated heterocycles. The van der Waals surface area contributed by atoms with E-state index in [0.717, 1.165) is 19.6 Å². The Morgan fingerprint density at radius 2 is 1.46 bits per heavy atom. The molecule has 2 aromatic rings. The van der Waals surface area contributed by atoms with Crippen LogP contribution in [-0.4, -0.2) is 30.3 Å². The predicted octanol–water partition coefficient (Wildman–Crippen LogP) is 4.51. The first-order valence-corrected chi connectivity index (χ1v) is 9.05. The number of rotatable bonds is 6. The van der Waals surface area contributed by atoms with Crippen molar-refractivity contribution in [2.45, 2.75) is 32.1 Å². The van der Waals surface area contributed by atoms with Crippen LogP contribution in [0.4, 0.5) is 0 Å². The van der Waals surface area contributed by atoms with E-state index in [1.54, 1.807) is 6.92 Å². The Hall–Kier alpha value is -1.93. The van der Waals surface area contributed by atoms with Gasteiger partial charge in [-0.15, -0.1) is 0 Å². The fourth-order valence-electron chi connectivity index (χ4n) is 3.88. The molecule has 0 bridgehead atoms. The maximum Gasteiger partial charge on any atom is 0.131 e. The summed E-state index contributed by atoms with van der Waals surface area (Å²) in [7, 11) is 0. The third kappa shape index (κ3) is 4.33. The Labute approximate surface area is 145 Å². The van der Waals surface area contributed by atoms with Crippen LogP contribution in [-0.2, 0) is 4.79 Å². The average Bonchev–Trinajstić information content (AvgIpc) is 2.63. The molecule has 1 fully saturated rings. The molecule has 2 aromatic carbocycles. The largest absolute Gasteiger partial charge is 0.303 e. The van der Waals surface area contributed by atoms with E-state index in [9.17, 15) is 4.79 Å². The van der Waals surface area contributed by atoms with E-state index in [4.69, 9.17) is 0 Å². The van der Waals surface area contributed by atoms with Crippen molar-refractivity contribution in [3.8, 4) is 0 Å². The van der Waals surface area contributed by atoms with E-state index in [0.29, 0.717) is 24.0 Å². The normalized spacial score (nSPS) is 16.4. The number of carbonyl (C=O) groups excluding carboxylic acids is 1. The first kappa shape index (κ1) is 16.9. The number of carbonyl (C=O) groups is 1. The van der Waals surface area contributed by atoms with Crippen LogP contribution in [0.2, 0.25) is 0 Å². The van der Waals surface area contributed by atoms with Gasteiger partial charge in [0, 0.05) is 18.9 Å². The van der Waals surface area contributed by atoms with Crippen LogP contribution in [0.5, 0.6) is 0 Å². The van der Waals surface area contributed by atoms with Gasteiger partial charge in [-0.3, -0.25) is 4.79 Å². The van der Waals surface area contributed by atoms with Gasteiger partial charge in [0.25, 0.3) is 0 Å². The summed E-state index contributed by atoms with van der Waals surface area (Å²) in [5.74, 6) is 1.44. The molecule has 0 amide bonds. The molecule has 0 aliphatic carbocycles. The fourth-order valence-corrected chi connectivity index (χ4v) is 3.88. The van der Waals surface area contributed by atoms with Crippen molar-refractivity contribution in [3.63, 3.8) is 0 Å². The summed E-state index contributed by atoms with van der Waals surface area (Å²) in [5.41, 5.74) is 2.84. The fraction of sp³-hybridized carbons (Fsp3) is 0.409. The zero-order chi connectivity index (χ0) is 16.8. The van der Waals surface area contributed by atoms with Crippen molar-refractivity contribution in [1.29, 1.82) is 0 Å². The number of nitrogens with zero attached hydrogens (tertiary/aromatic N) is 1. The number of hydrogen-bond donors (Lipinski definition) is 0. The molecule has 2 nitrogen and oxygen atoms in total. The zero-order valence-electron chi connectivity index (χ0n) is 14.5. The molecule has 1 aliphatic rings. The lowest BCUT2D eigenvalue weighted by Gasteiger charge is -2.36. The Balaban J connectivity index is 1.73. The van der Waals surface area contributed by atoms with E-state index in [2.05, 4.69) is 65.6 Å². The van der Waals surface area contributed by atoms with E-state index in [-0.39, 0.29) is 0 Å². The molecular weight excluding hydrogens is 294 g/mol. The molecule has 24 heavy (non-hydrogen) atoms. The summed E-state index contributed by atoms with van der Waals surface area (Å²) < 4.78 is 0. The molecule has 0 unspecified atom stereocenters. The van der Waals surface area contributed by atoms with Gasteiger partial charge in [0.1, 0.15) is 5.78 Å². The van der Waals surface area contributed by atoms with Gasteiger partial charge < -0.3 is 4.90 Å². The average molecular weight is 321 g/mol. The van der Waals surface area contributed by atoms with Crippen LogP contribution in [0.3, 0.4) is 0 Å². The summed E-state index contributed by atoms with van der Waals surface area (Å²) in [6.45, 7) is 4.82. The van der Waals surface area contributed by atoms with E-state index in [1.165, 1.54) is 24.0 Å². The Morgan fingerprint density at radius 3 is 1.92 bits per heavy atom. The number of ketones is 1. The highest BCUT2D eigenvalue weighted by Gasteiger charge is 2.28. The Kier molecular flexibility index (Phi) is 5.81. The van der Waals surface area contributed by atoms with Crippen LogP contribution in [0.1, 0.15) is 43.2 Å². The van der Waals surface area contributed by atoms with E-state index < -0.39 is 0 Å². The first-order valence-electron chi connectivity index (χ1n) is 9.05. The topological polar surface area (TPSA) is 20.3 Å². The molecule has 0 radical (unpaired) electrons. The molecule has 0 aromatic heterocycles. The summed E-state index contributed by atoms with van der Waals surface area (Å²) in [4.78, 5) is 13.7. The van der Waals surface area contributed by atoms with Crippen molar-refractivity contribution in [2.24, 2.45) is 5.92 Å². The SMILES string of the molecule is CC(=O)CCN1CCC(C(c2ccccc2)c2ccccc2)CC1. The molecule has 3 rings (SSSR count). The molecule has 126 valence electrons. The maximum atomic E-state index is 11.2. The van der Waals surface area contributed by atoms with Gasteiger partial charge in [-0.05, 0) is 49.9 Å². The number of likely N-dealkylation sites (tertiary alicyclic amines) is 1. The second-order valence-corrected chi connectivity index (χ2v) is 6.93. The Morgan fingerprint density at radius 1 is 0.958 bits per heavy atom. The standard InChI is InChI=1S/C22H27NO/c1-18(24)12-15-23-16-13-21(14-17-23)22(19-8-4-2-5-9-19)20-10-6-3-7-11-20/h2-11,21-22H,12-17H2,1H3. The maximum absolute atomic E-state index is 11.2. The second-order valence-electron chi connectivity index (χ2n) is 6.93. The van der Waals surface area contributed by atoms with Gasteiger partial charge in [-0.2, -0.15) is 0 Å². The molecular formula is C22H27NO. The van der Waals surface area contributed by atoms with Gasteiger partial charge in [0.2, 0.25) is 0 Å². The summed E-state index contributed by atoms with van der Waals surface area (Å²) in [5, 5.41) is 0. The van der Waals surface area contributed by atoms with Gasteiger partial charge in [0.15, 0.2) is 0 Å².